The Kier molecular flexibility index (Phi) is 7.99. The molecule has 1 aromatic carbocycles. The van der Waals surface area contributed by atoms with Gasteiger partial charge in [0.2, 0.25) is 5.91 Å². The second-order valence-electron chi connectivity index (χ2n) is 11.7. The van der Waals surface area contributed by atoms with Crippen molar-refractivity contribution in [1.29, 1.82) is 0 Å². The van der Waals surface area contributed by atoms with Crippen molar-refractivity contribution < 1.29 is 39.6 Å². The fourth-order valence-corrected chi connectivity index (χ4v) is 6.70. The molecule has 218 valence electrons. The third-order valence-corrected chi connectivity index (χ3v) is 8.62. The van der Waals surface area contributed by atoms with Gasteiger partial charge in [-0.15, -0.1) is 0 Å². The summed E-state index contributed by atoms with van der Waals surface area (Å²) in [4.78, 5) is 53.4. The van der Waals surface area contributed by atoms with E-state index in [1.54, 1.807) is 32.0 Å². The van der Waals surface area contributed by atoms with E-state index in [0.29, 0.717) is 18.0 Å². The van der Waals surface area contributed by atoms with Crippen molar-refractivity contribution in [3.8, 4) is 5.75 Å². The summed E-state index contributed by atoms with van der Waals surface area (Å²) in [5, 5.41) is 50.3. The number of phenolic OH excluding ortho intramolecular Hbond substituents is 1. The molecule has 0 aromatic heterocycles. The Bertz CT molecular complexity index is 1280. The molecular weight excluding hydrogens is 520 g/mol. The van der Waals surface area contributed by atoms with E-state index in [4.69, 9.17) is 5.73 Å². The lowest BCUT2D eigenvalue weighted by atomic mass is 9.54. The minimum absolute atomic E-state index is 0.00129. The van der Waals surface area contributed by atoms with E-state index in [1.807, 2.05) is 13.8 Å². The Labute approximate surface area is 232 Å². The van der Waals surface area contributed by atoms with Gasteiger partial charge in [-0.1, -0.05) is 26.8 Å². The number of anilines is 1. The number of fused-ring (bicyclic) bond motifs is 3. The molecule has 0 bridgehead atoms. The average molecular weight is 559 g/mol. The van der Waals surface area contributed by atoms with Gasteiger partial charge < -0.3 is 41.7 Å². The summed E-state index contributed by atoms with van der Waals surface area (Å²) in [6, 6.07) is 1.55. The normalized spacial score (nSPS) is 31.5. The van der Waals surface area contributed by atoms with Gasteiger partial charge in [0.15, 0.2) is 11.6 Å². The summed E-state index contributed by atoms with van der Waals surface area (Å²) >= 11 is 0. The predicted molar refractivity (Wildman–Crippen MR) is 145 cm³/mol. The molecule has 0 radical (unpaired) electrons. The number of primary amides is 1. The summed E-state index contributed by atoms with van der Waals surface area (Å²) in [7, 11) is 3.20. The quantitative estimate of drug-likeness (QED) is 0.194. The van der Waals surface area contributed by atoms with Crippen LogP contribution >= 0.6 is 0 Å². The third-order valence-electron chi connectivity index (χ3n) is 8.62. The molecule has 3 aliphatic carbocycles. The van der Waals surface area contributed by atoms with Crippen molar-refractivity contribution in [1.82, 2.24) is 10.2 Å². The van der Waals surface area contributed by atoms with E-state index in [9.17, 15) is 39.6 Å². The number of benzene rings is 1. The van der Waals surface area contributed by atoms with E-state index >= 15 is 0 Å². The number of urea groups is 1. The molecule has 8 atom stereocenters. The van der Waals surface area contributed by atoms with E-state index in [0.717, 1.165) is 6.42 Å². The number of nitrogens with one attached hydrogen (secondary N) is 2. The van der Waals surface area contributed by atoms with Crippen molar-refractivity contribution in [3.05, 3.63) is 28.8 Å². The van der Waals surface area contributed by atoms with Crippen LogP contribution in [0.25, 0.3) is 5.76 Å². The number of aromatic hydroxyl groups is 1. The largest absolute Gasteiger partial charge is 0.507 e. The van der Waals surface area contributed by atoms with Crippen molar-refractivity contribution >= 4 is 35.0 Å². The fraction of sp³-hybridized carbons (Fsp3) is 0.571. The number of nitrogens with zero attached hydrogens (tertiary/aromatic N) is 1. The maximum Gasteiger partial charge on any atom is 0.319 e. The predicted octanol–water partition coefficient (Wildman–Crippen LogP) is 0.714. The zero-order valence-electron chi connectivity index (χ0n) is 23.2. The molecule has 12 heteroatoms. The van der Waals surface area contributed by atoms with Gasteiger partial charge in [-0.25, -0.2) is 4.79 Å². The highest BCUT2D eigenvalue weighted by molar-refractivity contribution is 6.19. The number of aliphatic hydroxyl groups excluding tert-OH is 3. The Balaban J connectivity index is 1.78. The molecule has 2 fully saturated rings. The zero-order chi connectivity index (χ0) is 29.8. The van der Waals surface area contributed by atoms with E-state index in [2.05, 4.69) is 10.6 Å². The van der Waals surface area contributed by atoms with Gasteiger partial charge in [0, 0.05) is 30.0 Å². The number of likely N-dealkylation sites (N-methyl/N-ethyl adjacent to an activating group) is 1. The summed E-state index contributed by atoms with van der Waals surface area (Å²) in [6.45, 7) is 6.17. The van der Waals surface area contributed by atoms with Gasteiger partial charge >= 0.3 is 6.03 Å². The van der Waals surface area contributed by atoms with Crippen LogP contribution in [-0.2, 0) is 14.4 Å². The molecule has 1 aromatic rings. The third kappa shape index (κ3) is 4.63. The number of hydrogen-bond acceptors (Lipinski definition) is 9. The van der Waals surface area contributed by atoms with Gasteiger partial charge in [-0.05, 0) is 44.0 Å². The number of aliphatic hydroxyl groups is 3. The number of carbonyl (C=O) groups excluding carboxylic acids is 4. The maximum atomic E-state index is 13.9. The van der Waals surface area contributed by atoms with Crippen LogP contribution in [0.1, 0.15) is 44.2 Å². The van der Waals surface area contributed by atoms with Crippen molar-refractivity contribution in [2.24, 2.45) is 35.3 Å². The maximum absolute atomic E-state index is 13.9. The molecular formula is C28H38N4O8. The molecule has 40 heavy (non-hydrogen) atoms. The number of carbonyl (C=O) groups is 4. The Morgan fingerprint density at radius 2 is 1.75 bits per heavy atom. The van der Waals surface area contributed by atoms with Crippen LogP contribution in [0, 0.1) is 29.6 Å². The second-order valence-corrected chi connectivity index (χ2v) is 11.7. The molecule has 0 saturated heterocycles. The van der Waals surface area contributed by atoms with Gasteiger partial charge in [0.1, 0.15) is 17.4 Å². The number of hydrogen-bond donors (Lipinski definition) is 7. The molecule has 4 rings (SSSR count). The molecule has 0 spiro atoms. The first kappa shape index (κ1) is 29.5. The number of amides is 3. The minimum Gasteiger partial charge on any atom is -0.507 e. The number of phenols is 1. The lowest BCUT2D eigenvalue weighted by molar-refractivity contribution is -0.166. The molecule has 2 saturated carbocycles. The highest BCUT2D eigenvalue weighted by Gasteiger charge is 2.63. The lowest BCUT2D eigenvalue weighted by Crippen LogP contribution is -2.68. The summed E-state index contributed by atoms with van der Waals surface area (Å²) < 4.78 is 0. The van der Waals surface area contributed by atoms with Gasteiger partial charge in [-0.3, -0.25) is 14.4 Å². The topological polar surface area (TPSA) is 203 Å². The Hall–Kier alpha value is -3.48. The first-order chi connectivity index (χ1) is 18.7. The van der Waals surface area contributed by atoms with Crippen LogP contribution in [0.2, 0.25) is 0 Å². The highest BCUT2D eigenvalue weighted by Crippen LogP contribution is 2.55. The van der Waals surface area contributed by atoms with Crippen LogP contribution in [0.4, 0.5) is 10.5 Å². The Morgan fingerprint density at radius 1 is 1.10 bits per heavy atom. The number of nitrogens with two attached hydrogens (primary N) is 1. The molecule has 5 unspecified atom stereocenters. The summed E-state index contributed by atoms with van der Waals surface area (Å²) in [6.07, 6.45) is -2.16. The first-order valence-electron chi connectivity index (χ1n) is 13.4. The van der Waals surface area contributed by atoms with Crippen LogP contribution in [0.3, 0.4) is 0 Å². The highest BCUT2D eigenvalue weighted by atomic mass is 16.3. The number of ketones is 2. The zero-order valence-corrected chi connectivity index (χ0v) is 23.2. The van der Waals surface area contributed by atoms with Crippen LogP contribution < -0.4 is 16.4 Å². The number of rotatable bonds is 6. The van der Waals surface area contributed by atoms with Crippen LogP contribution in [0.15, 0.2) is 17.7 Å². The minimum atomic E-state index is -1.67. The monoisotopic (exact) mass is 558 g/mol. The van der Waals surface area contributed by atoms with Crippen LogP contribution in [-0.4, -0.2) is 87.7 Å². The van der Waals surface area contributed by atoms with E-state index < -0.39 is 82.9 Å². The smallest absolute Gasteiger partial charge is 0.319 e. The first-order valence-corrected chi connectivity index (χ1v) is 13.4. The summed E-state index contributed by atoms with van der Waals surface area (Å²) in [5.41, 5.74) is 5.53. The standard InChI is InChI=1S/C28H38N4O8/c1-10(2)8-9-30-28(40)31-13-7-6-12-11(3)14-17(23(35)15(12)21(13)33)24(36)18-16(22(14)34)20(32(4)5)26(38)19(25(18)37)27(29)39/h6-7,10-11,14,16,18-20,22,26,33-35,38H,8-9H2,1-5H3,(H2,29,39)(H2,30,31,40)/t11-,14?,16?,18?,19?,20-,22-,26?/m0/s1. The van der Waals surface area contributed by atoms with Crippen molar-refractivity contribution in [2.75, 3.05) is 26.0 Å². The van der Waals surface area contributed by atoms with E-state index in [1.165, 1.54) is 6.07 Å². The molecule has 0 heterocycles. The molecule has 3 amide bonds. The molecule has 0 aliphatic heterocycles. The SMILES string of the molecule is CC(C)CCNC(=O)Nc1ccc2c(c1O)C(O)=C1C(=O)C3C(=O)C(C(N)=O)C(O)[C@@H](N(C)C)C3[C@@H](O)C1[C@H]2C. The van der Waals surface area contributed by atoms with Gasteiger partial charge in [0.25, 0.3) is 0 Å². The summed E-state index contributed by atoms with van der Waals surface area (Å²) in [5.74, 6) is -9.36. The van der Waals surface area contributed by atoms with Gasteiger partial charge in [-0.2, -0.15) is 0 Å². The Morgan fingerprint density at radius 3 is 2.33 bits per heavy atom. The number of Topliss-reactive ketones (excluding diaryl/α,β-unsaturated/α-hetero) is 2. The molecule has 12 nitrogen and oxygen atoms in total. The lowest BCUT2D eigenvalue weighted by Gasteiger charge is -2.53. The van der Waals surface area contributed by atoms with Crippen molar-refractivity contribution in [2.45, 2.75) is 51.4 Å². The second kappa shape index (κ2) is 10.8. The molecule has 8 N–H and O–H groups in total. The van der Waals surface area contributed by atoms with Crippen LogP contribution in [0.5, 0.6) is 5.75 Å². The van der Waals surface area contributed by atoms with E-state index in [-0.39, 0.29) is 16.8 Å². The van der Waals surface area contributed by atoms with Crippen molar-refractivity contribution in [3.63, 3.8) is 0 Å². The van der Waals surface area contributed by atoms with Gasteiger partial charge in [0.05, 0.1) is 29.4 Å². The average Bonchev–Trinajstić information content (AvgIpc) is 2.84. The molecule has 3 aliphatic rings. The fourth-order valence-electron chi connectivity index (χ4n) is 6.70.